The molecule has 28 heavy (non-hydrogen) atoms. The fourth-order valence-corrected chi connectivity index (χ4v) is 3.67. The Morgan fingerprint density at radius 1 is 1.32 bits per heavy atom. The van der Waals surface area contributed by atoms with E-state index in [1.54, 1.807) is 18.3 Å². The van der Waals surface area contributed by atoms with E-state index in [4.69, 9.17) is 4.74 Å². The zero-order valence-corrected chi connectivity index (χ0v) is 17.8. The van der Waals surface area contributed by atoms with Gasteiger partial charge < -0.3 is 20.3 Å². The minimum atomic E-state index is -0.0949. The standard InChI is InChI=1S/C19H28N4O3.2ClH/c1-2-26-16-8-4-10-21-17(16)19(25)23-11-5-6-14(13-23)12-22-18(24)15-7-3-9-20-15;;/h4,8,10,14-15,20H,2-3,5-7,9,11-13H2,1H3,(H,22,24);2*1H. The van der Waals surface area contributed by atoms with Crippen LogP contribution in [0.5, 0.6) is 5.75 Å². The summed E-state index contributed by atoms with van der Waals surface area (Å²) in [6.45, 7) is 5.27. The highest BCUT2D eigenvalue weighted by molar-refractivity contribution is 5.95. The van der Waals surface area contributed by atoms with E-state index in [9.17, 15) is 9.59 Å². The molecule has 2 atom stereocenters. The molecule has 158 valence electrons. The summed E-state index contributed by atoms with van der Waals surface area (Å²) in [5, 5.41) is 6.26. The number of likely N-dealkylation sites (tertiary alicyclic amines) is 1. The van der Waals surface area contributed by atoms with Gasteiger partial charge in [-0.25, -0.2) is 4.98 Å². The molecule has 1 aromatic rings. The number of hydrogen-bond acceptors (Lipinski definition) is 5. The first-order valence-electron chi connectivity index (χ1n) is 9.57. The van der Waals surface area contributed by atoms with Crippen LogP contribution in [0.4, 0.5) is 0 Å². The van der Waals surface area contributed by atoms with Crippen LogP contribution in [0.2, 0.25) is 0 Å². The Morgan fingerprint density at radius 3 is 2.86 bits per heavy atom. The van der Waals surface area contributed by atoms with Gasteiger partial charge in [-0.15, -0.1) is 24.8 Å². The lowest BCUT2D eigenvalue weighted by atomic mass is 9.97. The van der Waals surface area contributed by atoms with Gasteiger partial charge in [0.25, 0.3) is 5.91 Å². The van der Waals surface area contributed by atoms with Crippen molar-refractivity contribution in [1.29, 1.82) is 0 Å². The topological polar surface area (TPSA) is 83.6 Å². The Balaban J connectivity index is 0.00000196. The van der Waals surface area contributed by atoms with Crippen molar-refractivity contribution >= 4 is 36.6 Å². The first-order chi connectivity index (χ1) is 12.7. The average Bonchev–Trinajstić information content (AvgIpc) is 3.21. The van der Waals surface area contributed by atoms with Gasteiger partial charge in [0.2, 0.25) is 5.91 Å². The van der Waals surface area contributed by atoms with E-state index in [0.29, 0.717) is 31.1 Å². The first kappa shape index (κ1) is 24.5. The fraction of sp³-hybridized carbons (Fsp3) is 0.632. The lowest BCUT2D eigenvalue weighted by molar-refractivity contribution is -0.123. The van der Waals surface area contributed by atoms with Crippen LogP contribution in [-0.2, 0) is 4.79 Å². The molecule has 2 unspecified atom stereocenters. The van der Waals surface area contributed by atoms with Crippen LogP contribution in [0.1, 0.15) is 43.1 Å². The average molecular weight is 433 g/mol. The van der Waals surface area contributed by atoms with Gasteiger partial charge in [0, 0.05) is 25.8 Å². The minimum absolute atomic E-state index is 0. The molecule has 0 spiro atoms. The summed E-state index contributed by atoms with van der Waals surface area (Å²) in [6, 6.07) is 3.49. The smallest absolute Gasteiger partial charge is 0.276 e. The van der Waals surface area contributed by atoms with Crippen molar-refractivity contribution in [1.82, 2.24) is 20.5 Å². The van der Waals surface area contributed by atoms with Gasteiger partial charge in [0.05, 0.1) is 12.6 Å². The Labute approximate surface area is 178 Å². The lowest BCUT2D eigenvalue weighted by Crippen LogP contribution is -2.46. The highest BCUT2D eigenvalue weighted by Gasteiger charge is 2.28. The molecular formula is C19H30Cl2N4O3. The maximum absolute atomic E-state index is 12.9. The summed E-state index contributed by atoms with van der Waals surface area (Å²) >= 11 is 0. The second-order valence-electron chi connectivity index (χ2n) is 6.94. The van der Waals surface area contributed by atoms with Gasteiger partial charge in [-0.1, -0.05) is 0 Å². The summed E-state index contributed by atoms with van der Waals surface area (Å²) in [5.74, 6) is 0.789. The zero-order chi connectivity index (χ0) is 18.4. The molecule has 2 amide bonds. The van der Waals surface area contributed by atoms with Crippen LogP contribution in [0.15, 0.2) is 18.3 Å². The molecule has 3 rings (SSSR count). The maximum atomic E-state index is 12.9. The highest BCUT2D eigenvalue weighted by Crippen LogP contribution is 2.22. The number of amides is 2. The number of hydrogen-bond donors (Lipinski definition) is 2. The number of pyridine rings is 1. The molecule has 2 aliphatic rings. The molecule has 2 saturated heterocycles. The third-order valence-electron chi connectivity index (χ3n) is 5.02. The summed E-state index contributed by atoms with van der Waals surface area (Å²) in [7, 11) is 0. The van der Waals surface area contributed by atoms with E-state index in [1.165, 1.54) is 0 Å². The van der Waals surface area contributed by atoms with Crippen molar-refractivity contribution in [3.8, 4) is 5.75 Å². The number of nitrogens with one attached hydrogen (secondary N) is 2. The van der Waals surface area contributed by atoms with Gasteiger partial charge in [-0.05, 0) is 57.2 Å². The largest absolute Gasteiger partial charge is 0.491 e. The number of halogens is 2. The summed E-state index contributed by atoms with van der Waals surface area (Å²) in [5.41, 5.74) is 0.370. The molecule has 2 N–H and O–H groups in total. The van der Waals surface area contributed by atoms with Gasteiger partial charge in [-0.3, -0.25) is 9.59 Å². The van der Waals surface area contributed by atoms with Gasteiger partial charge in [0.15, 0.2) is 11.4 Å². The number of nitrogens with zero attached hydrogens (tertiary/aromatic N) is 2. The molecule has 2 fully saturated rings. The van der Waals surface area contributed by atoms with Crippen molar-refractivity contribution in [2.75, 3.05) is 32.8 Å². The molecule has 0 aliphatic carbocycles. The molecule has 9 heteroatoms. The van der Waals surface area contributed by atoms with Crippen LogP contribution in [0.25, 0.3) is 0 Å². The molecule has 7 nitrogen and oxygen atoms in total. The van der Waals surface area contributed by atoms with E-state index < -0.39 is 0 Å². The lowest BCUT2D eigenvalue weighted by Gasteiger charge is -2.33. The Hall–Kier alpha value is -1.57. The molecule has 1 aromatic heterocycles. The van der Waals surface area contributed by atoms with E-state index in [0.717, 1.165) is 38.8 Å². The monoisotopic (exact) mass is 432 g/mol. The van der Waals surface area contributed by atoms with Gasteiger partial charge in [-0.2, -0.15) is 0 Å². The molecular weight excluding hydrogens is 403 g/mol. The third kappa shape index (κ3) is 6.22. The van der Waals surface area contributed by atoms with E-state index in [1.807, 2.05) is 11.8 Å². The molecule has 0 radical (unpaired) electrons. The van der Waals surface area contributed by atoms with E-state index in [2.05, 4.69) is 15.6 Å². The van der Waals surface area contributed by atoms with E-state index >= 15 is 0 Å². The van der Waals surface area contributed by atoms with Crippen molar-refractivity contribution in [3.63, 3.8) is 0 Å². The van der Waals surface area contributed by atoms with Crippen molar-refractivity contribution in [3.05, 3.63) is 24.0 Å². The Morgan fingerprint density at radius 2 is 2.14 bits per heavy atom. The summed E-state index contributed by atoms with van der Waals surface area (Å²) < 4.78 is 5.54. The minimum Gasteiger partial charge on any atom is -0.491 e. The Kier molecular flexibility index (Phi) is 10.6. The molecule has 2 aliphatic heterocycles. The predicted molar refractivity (Wildman–Crippen MR) is 113 cm³/mol. The quantitative estimate of drug-likeness (QED) is 0.718. The zero-order valence-electron chi connectivity index (χ0n) is 16.2. The van der Waals surface area contributed by atoms with Gasteiger partial charge >= 0.3 is 0 Å². The van der Waals surface area contributed by atoms with Crippen LogP contribution in [0, 0.1) is 5.92 Å². The predicted octanol–water partition coefficient (Wildman–Crippen LogP) is 2.04. The van der Waals surface area contributed by atoms with Crippen LogP contribution in [-0.4, -0.2) is 60.5 Å². The normalized spacial score (nSPS) is 21.2. The number of rotatable bonds is 6. The highest BCUT2D eigenvalue weighted by atomic mass is 35.5. The van der Waals surface area contributed by atoms with E-state index in [-0.39, 0.29) is 48.6 Å². The number of ether oxygens (including phenoxy) is 1. The van der Waals surface area contributed by atoms with Crippen molar-refractivity contribution in [2.24, 2.45) is 5.92 Å². The molecule has 0 aromatic carbocycles. The SMILES string of the molecule is CCOc1cccnc1C(=O)N1CCCC(CNC(=O)C2CCCN2)C1.Cl.Cl. The molecule has 0 bridgehead atoms. The maximum Gasteiger partial charge on any atom is 0.276 e. The third-order valence-corrected chi connectivity index (χ3v) is 5.02. The van der Waals surface area contributed by atoms with Crippen molar-refractivity contribution < 1.29 is 14.3 Å². The fourth-order valence-electron chi connectivity index (χ4n) is 3.67. The van der Waals surface area contributed by atoms with Crippen molar-refractivity contribution in [2.45, 2.75) is 38.6 Å². The summed E-state index contributed by atoms with van der Waals surface area (Å²) in [6.07, 6.45) is 5.52. The second-order valence-corrected chi connectivity index (χ2v) is 6.94. The first-order valence-corrected chi connectivity index (χ1v) is 9.57. The van der Waals surface area contributed by atoms with Gasteiger partial charge in [0.1, 0.15) is 0 Å². The second kappa shape index (κ2) is 12.1. The number of aromatic nitrogens is 1. The number of carbonyl (C=O) groups excluding carboxylic acids is 2. The number of piperidine rings is 1. The molecule has 0 saturated carbocycles. The van der Waals surface area contributed by atoms with Crippen LogP contribution >= 0.6 is 24.8 Å². The number of carbonyl (C=O) groups is 2. The molecule has 3 heterocycles. The van der Waals surface area contributed by atoms with Crippen LogP contribution in [0.3, 0.4) is 0 Å². The summed E-state index contributed by atoms with van der Waals surface area (Å²) in [4.78, 5) is 31.1. The van der Waals surface area contributed by atoms with Crippen LogP contribution < -0.4 is 15.4 Å². The Bertz CT molecular complexity index is 641.